The monoisotopic (exact) mass is 399 g/mol. The Morgan fingerprint density at radius 2 is 2.11 bits per heavy atom. The van der Waals surface area contributed by atoms with Crippen molar-refractivity contribution in [3.05, 3.63) is 53.2 Å². The van der Waals surface area contributed by atoms with Crippen LogP contribution < -0.4 is 5.32 Å². The van der Waals surface area contributed by atoms with Crippen molar-refractivity contribution in [2.45, 2.75) is 13.5 Å². The molecule has 142 valence electrons. The lowest BCUT2D eigenvalue weighted by molar-refractivity contribution is -0.116. The molecule has 2 heterocycles. The normalized spacial score (nSPS) is 10.3. The molecule has 8 nitrogen and oxygen atoms in total. The van der Waals surface area contributed by atoms with Crippen molar-refractivity contribution in [2.75, 3.05) is 11.9 Å². The minimum Gasteiger partial charge on any atom is -0.462 e. The fraction of sp³-hybridized carbons (Fsp3) is 0.167. The second kappa shape index (κ2) is 8.41. The van der Waals surface area contributed by atoms with Gasteiger partial charge < -0.3 is 10.1 Å². The maximum atomic E-state index is 13.2. The third kappa shape index (κ3) is 4.21. The standard InChI is InChI=1S/C18H14FN5O3S/c1-2-27-18(26)16-13(11-3-5-12(19)6-4-11)9-28-17(16)22-15(25)8-24-10-21-14(7-20)23-24/h3-6,9-10H,2,8H2,1H3,(H,22,25). The number of nitrogens with zero attached hydrogens (tertiary/aromatic N) is 4. The van der Waals surface area contributed by atoms with Crippen LogP contribution in [0.2, 0.25) is 0 Å². The van der Waals surface area contributed by atoms with Crippen LogP contribution in [0.1, 0.15) is 23.1 Å². The van der Waals surface area contributed by atoms with E-state index < -0.39 is 17.7 Å². The van der Waals surface area contributed by atoms with Gasteiger partial charge in [-0.3, -0.25) is 4.79 Å². The van der Waals surface area contributed by atoms with Gasteiger partial charge in [0, 0.05) is 10.9 Å². The fourth-order valence-electron chi connectivity index (χ4n) is 2.43. The fourth-order valence-corrected chi connectivity index (χ4v) is 3.41. The van der Waals surface area contributed by atoms with Crippen molar-refractivity contribution >= 4 is 28.2 Å². The Morgan fingerprint density at radius 1 is 1.36 bits per heavy atom. The highest BCUT2D eigenvalue weighted by Gasteiger charge is 2.23. The molecule has 1 aromatic carbocycles. The maximum absolute atomic E-state index is 13.2. The van der Waals surface area contributed by atoms with Crippen molar-refractivity contribution in [2.24, 2.45) is 0 Å². The number of anilines is 1. The summed E-state index contributed by atoms with van der Waals surface area (Å²) in [5.41, 5.74) is 1.35. The van der Waals surface area contributed by atoms with Crippen LogP contribution in [-0.4, -0.2) is 33.2 Å². The second-order valence-electron chi connectivity index (χ2n) is 5.51. The number of nitriles is 1. The van der Waals surface area contributed by atoms with Gasteiger partial charge >= 0.3 is 5.97 Å². The van der Waals surface area contributed by atoms with E-state index in [0.717, 1.165) is 11.3 Å². The molecule has 0 unspecified atom stereocenters. The van der Waals surface area contributed by atoms with Gasteiger partial charge in [0.25, 0.3) is 5.82 Å². The summed E-state index contributed by atoms with van der Waals surface area (Å²) in [6.07, 6.45) is 1.27. The summed E-state index contributed by atoms with van der Waals surface area (Å²) in [6.45, 7) is 1.67. The lowest BCUT2D eigenvalue weighted by atomic mass is 10.0. The topological polar surface area (TPSA) is 110 Å². The van der Waals surface area contributed by atoms with Crippen LogP contribution in [0.4, 0.5) is 9.39 Å². The molecule has 0 bridgehead atoms. The number of thiophene rings is 1. The average molecular weight is 399 g/mol. The van der Waals surface area contributed by atoms with Gasteiger partial charge in [0.05, 0.1) is 6.61 Å². The Labute approximate surface area is 163 Å². The molecular formula is C18H14FN5O3S. The average Bonchev–Trinajstić information content (AvgIpc) is 3.29. The van der Waals surface area contributed by atoms with Crippen molar-refractivity contribution in [1.82, 2.24) is 14.8 Å². The van der Waals surface area contributed by atoms with Crippen LogP contribution in [0.5, 0.6) is 0 Å². The molecule has 0 aliphatic rings. The number of aromatic nitrogens is 3. The summed E-state index contributed by atoms with van der Waals surface area (Å²) < 4.78 is 19.5. The quantitative estimate of drug-likeness (QED) is 0.638. The zero-order chi connectivity index (χ0) is 20.1. The van der Waals surface area contributed by atoms with E-state index in [4.69, 9.17) is 10.00 Å². The number of halogens is 1. The highest BCUT2D eigenvalue weighted by molar-refractivity contribution is 7.15. The zero-order valence-electron chi connectivity index (χ0n) is 14.7. The Kier molecular flexibility index (Phi) is 5.76. The van der Waals surface area contributed by atoms with Crippen molar-refractivity contribution < 1.29 is 18.7 Å². The smallest absolute Gasteiger partial charge is 0.341 e. The molecule has 0 atom stereocenters. The number of benzene rings is 1. The molecule has 0 aliphatic heterocycles. The van der Waals surface area contributed by atoms with Crippen molar-refractivity contribution in [3.63, 3.8) is 0 Å². The van der Waals surface area contributed by atoms with E-state index >= 15 is 0 Å². The van der Waals surface area contributed by atoms with E-state index in [-0.39, 0.29) is 24.5 Å². The third-order valence-corrected chi connectivity index (χ3v) is 4.52. The zero-order valence-corrected chi connectivity index (χ0v) is 15.5. The largest absolute Gasteiger partial charge is 0.462 e. The molecule has 0 radical (unpaired) electrons. The van der Waals surface area contributed by atoms with Crippen molar-refractivity contribution in [3.8, 4) is 17.2 Å². The predicted octanol–water partition coefficient (Wildman–Crippen LogP) is 2.83. The molecule has 3 rings (SSSR count). The second-order valence-corrected chi connectivity index (χ2v) is 6.39. The molecule has 0 spiro atoms. The minimum atomic E-state index is -0.592. The number of hydrogen-bond donors (Lipinski definition) is 1. The Bertz CT molecular complexity index is 1050. The molecule has 3 aromatic rings. The van der Waals surface area contributed by atoms with E-state index in [2.05, 4.69) is 15.4 Å². The number of carbonyl (C=O) groups excluding carboxylic acids is 2. The number of carbonyl (C=O) groups is 2. The van der Waals surface area contributed by atoms with Gasteiger partial charge in [-0.05, 0) is 24.6 Å². The predicted molar refractivity (Wildman–Crippen MR) is 99.0 cm³/mol. The number of nitrogens with one attached hydrogen (secondary N) is 1. The molecule has 10 heteroatoms. The van der Waals surface area contributed by atoms with Gasteiger partial charge in [-0.25, -0.2) is 18.9 Å². The van der Waals surface area contributed by atoms with Crippen LogP contribution in [0.25, 0.3) is 11.1 Å². The summed E-state index contributed by atoms with van der Waals surface area (Å²) in [7, 11) is 0. The van der Waals surface area contributed by atoms with Gasteiger partial charge in [0.2, 0.25) is 5.91 Å². The van der Waals surface area contributed by atoms with Gasteiger partial charge in [-0.15, -0.1) is 16.4 Å². The number of rotatable bonds is 6. The first kappa shape index (κ1) is 19.2. The highest BCUT2D eigenvalue weighted by atomic mass is 32.1. The molecule has 1 amide bonds. The van der Waals surface area contributed by atoms with Crippen LogP contribution >= 0.6 is 11.3 Å². The lowest BCUT2D eigenvalue weighted by Crippen LogP contribution is -2.20. The van der Waals surface area contributed by atoms with E-state index in [1.54, 1.807) is 30.5 Å². The minimum absolute atomic E-state index is 0.0465. The summed E-state index contributed by atoms with van der Waals surface area (Å²) in [6, 6.07) is 7.44. The van der Waals surface area contributed by atoms with E-state index in [0.29, 0.717) is 16.1 Å². The number of ether oxygens (including phenoxy) is 1. The van der Waals surface area contributed by atoms with Gasteiger partial charge in [-0.2, -0.15) is 5.26 Å². The summed E-state index contributed by atoms with van der Waals surface area (Å²) in [5.74, 6) is -1.48. The first-order valence-corrected chi connectivity index (χ1v) is 9.03. The van der Waals surface area contributed by atoms with Crippen molar-refractivity contribution in [1.29, 1.82) is 5.26 Å². The molecule has 0 saturated heterocycles. The third-order valence-electron chi connectivity index (χ3n) is 3.62. The molecule has 0 saturated carbocycles. The summed E-state index contributed by atoms with van der Waals surface area (Å²) in [5, 5.41) is 17.2. The number of hydrogen-bond acceptors (Lipinski definition) is 7. The molecule has 1 N–H and O–H groups in total. The first-order chi connectivity index (χ1) is 13.5. The molecule has 0 aliphatic carbocycles. The first-order valence-electron chi connectivity index (χ1n) is 8.15. The Hall–Kier alpha value is -3.58. The molecule has 0 fully saturated rings. The number of esters is 1. The van der Waals surface area contributed by atoms with E-state index in [1.165, 1.54) is 23.1 Å². The van der Waals surface area contributed by atoms with E-state index in [9.17, 15) is 14.0 Å². The summed E-state index contributed by atoms with van der Waals surface area (Å²) >= 11 is 1.15. The molecule has 28 heavy (non-hydrogen) atoms. The SMILES string of the molecule is CCOC(=O)c1c(-c2ccc(F)cc2)csc1NC(=O)Cn1cnc(C#N)n1. The molecule has 2 aromatic heterocycles. The lowest BCUT2D eigenvalue weighted by Gasteiger charge is -2.09. The Balaban J connectivity index is 1.87. The van der Waals surface area contributed by atoms with Crippen LogP contribution in [0, 0.1) is 17.1 Å². The molecular weight excluding hydrogens is 385 g/mol. The van der Waals surface area contributed by atoms with Crippen LogP contribution in [0.3, 0.4) is 0 Å². The van der Waals surface area contributed by atoms with Gasteiger partial charge in [0.15, 0.2) is 0 Å². The summed E-state index contributed by atoms with van der Waals surface area (Å²) in [4.78, 5) is 28.5. The van der Waals surface area contributed by atoms with E-state index in [1.807, 2.05) is 0 Å². The highest BCUT2D eigenvalue weighted by Crippen LogP contribution is 2.36. The Morgan fingerprint density at radius 3 is 2.75 bits per heavy atom. The van der Waals surface area contributed by atoms with Gasteiger partial charge in [0.1, 0.15) is 35.3 Å². The van der Waals surface area contributed by atoms with Crippen LogP contribution in [-0.2, 0) is 16.1 Å². The van der Waals surface area contributed by atoms with Gasteiger partial charge in [-0.1, -0.05) is 12.1 Å². The number of amides is 1. The maximum Gasteiger partial charge on any atom is 0.341 e. The van der Waals surface area contributed by atoms with Crippen LogP contribution in [0.15, 0.2) is 36.0 Å².